The van der Waals surface area contributed by atoms with Crippen molar-refractivity contribution in [3.05, 3.63) is 29.3 Å². The van der Waals surface area contributed by atoms with Gasteiger partial charge in [0.15, 0.2) is 0 Å². The van der Waals surface area contributed by atoms with Crippen molar-refractivity contribution in [3.8, 4) is 0 Å². The molecule has 9 heteroatoms. The standard InChI is InChI=1S/C15H18F3NO4S/c1-9-5-11(14(20)21)8-19(7-9)24(22,23)12-4-3-10(2)13(6-12)15(16,17)18/h3-4,6,9,11H,5,7-8H2,1-2H3,(H,20,21). The van der Waals surface area contributed by atoms with Gasteiger partial charge in [-0.05, 0) is 37.0 Å². The number of hydrogen-bond donors (Lipinski definition) is 1. The lowest BCUT2D eigenvalue weighted by Crippen LogP contribution is -2.45. The zero-order valence-electron chi connectivity index (χ0n) is 13.2. The highest BCUT2D eigenvalue weighted by Crippen LogP contribution is 2.34. The smallest absolute Gasteiger partial charge is 0.416 e. The van der Waals surface area contributed by atoms with E-state index in [-0.39, 0.29) is 24.6 Å². The van der Waals surface area contributed by atoms with Crippen LogP contribution in [0.4, 0.5) is 13.2 Å². The third kappa shape index (κ3) is 3.72. The van der Waals surface area contributed by atoms with Gasteiger partial charge in [-0.2, -0.15) is 17.5 Å². The lowest BCUT2D eigenvalue weighted by Gasteiger charge is -2.33. The molecule has 0 amide bonds. The zero-order chi connectivity index (χ0) is 18.3. The second kappa shape index (κ2) is 6.36. The van der Waals surface area contributed by atoms with Crippen molar-refractivity contribution in [1.29, 1.82) is 0 Å². The molecule has 0 aliphatic carbocycles. The fourth-order valence-corrected chi connectivity index (χ4v) is 4.53. The maximum absolute atomic E-state index is 13.0. The van der Waals surface area contributed by atoms with Crippen LogP contribution < -0.4 is 0 Å². The summed E-state index contributed by atoms with van der Waals surface area (Å²) >= 11 is 0. The highest BCUT2D eigenvalue weighted by Gasteiger charge is 2.38. The van der Waals surface area contributed by atoms with E-state index >= 15 is 0 Å². The van der Waals surface area contributed by atoms with Crippen LogP contribution in [0.5, 0.6) is 0 Å². The van der Waals surface area contributed by atoms with Gasteiger partial charge < -0.3 is 5.11 Å². The summed E-state index contributed by atoms with van der Waals surface area (Å²) in [7, 11) is -4.19. The van der Waals surface area contributed by atoms with Crippen LogP contribution in [0, 0.1) is 18.8 Å². The van der Waals surface area contributed by atoms with Crippen molar-refractivity contribution in [2.24, 2.45) is 11.8 Å². The van der Waals surface area contributed by atoms with Gasteiger partial charge in [-0.1, -0.05) is 13.0 Å². The Kier molecular flexibility index (Phi) is 4.96. The Balaban J connectivity index is 2.42. The van der Waals surface area contributed by atoms with Gasteiger partial charge in [-0.15, -0.1) is 0 Å². The first-order chi connectivity index (χ1) is 10.9. The maximum atomic E-state index is 13.0. The summed E-state index contributed by atoms with van der Waals surface area (Å²) in [5, 5.41) is 9.13. The molecule has 24 heavy (non-hydrogen) atoms. The first-order valence-electron chi connectivity index (χ1n) is 7.33. The Bertz CT molecular complexity index is 746. The average Bonchev–Trinajstić information content (AvgIpc) is 2.45. The van der Waals surface area contributed by atoms with Crippen molar-refractivity contribution >= 4 is 16.0 Å². The molecule has 0 aromatic heterocycles. The Hall–Kier alpha value is -1.61. The van der Waals surface area contributed by atoms with Crippen LogP contribution in [0.1, 0.15) is 24.5 Å². The van der Waals surface area contributed by atoms with Crippen molar-refractivity contribution in [2.75, 3.05) is 13.1 Å². The van der Waals surface area contributed by atoms with Crippen molar-refractivity contribution in [1.82, 2.24) is 4.31 Å². The van der Waals surface area contributed by atoms with Crippen LogP contribution in [-0.4, -0.2) is 36.9 Å². The van der Waals surface area contributed by atoms with E-state index in [4.69, 9.17) is 5.11 Å². The van der Waals surface area contributed by atoms with E-state index in [1.165, 1.54) is 6.92 Å². The summed E-state index contributed by atoms with van der Waals surface area (Å²) in [4.78, 5) is 10.7. The first kappa shape index (κ1) is 18.7. The van der Waals surface area contributed by atoms with Gasteiger partial charge >= 0.3 is 12.1 Å². The van der Waals surface area contributed by atoms with Gasteiger partial charge in [0.25, 0.3) is 0 Å². The number of piperidine rings is 1. The Morgan fingerprint density at radius 3 is 2.46 bits per heavy atom. The van der Waals surface area contributed by atoms with E-state index in [1.54, 1.807) is 6.92 Å². The molecular formula is C15H18F3NO4S. The molecule has 0 saturated carbocycles. The number of halogens is 3. The molecule has 5 nitrogen and oxygen atoms in total. The van der Waals surface area contributed by atoms with E-state index < -0.39 is 38.5 Å². The highest BCUT2D eigenvalue weighted by molar-refractivity contribution is 7.89. The molecule has 1 heterocycles. The van der Waals surface area contributed by atoms with Crippen LogP contribution in [0.3, 0.4) is 0 Å². The average molecular weight is 365 g/mol. The molecule has 1 fully saturated rings. The first-order valence-corrected chi connectivity index (χ1v) is 8.77. The summed E-state index contributed by atoms with van der Waals surface area (Å²) in [5.74, 6) is -2.17. The molecule has 134 valence electrons. The molecule has 1 aromatic carbocycles. The number of carbonyl (C=O) groups is 1. The fourth-order valence-electron chi connectivity index (χ4n) is 2.89. The monoisotopic (exact) mass is 365 g/mol. The molecule has 0 bridgehead atoms. The molecule has 1 aromatic rings. The number of aliphatic carboxylic acids is 1. The number of benzene rings is 1. The van der Waals surface area contributed by atoms with Crippen LogP contribution in [0.25, 0.3) is 0 Å². The van der Waals surface area contributed by atoms with Crippen LogP contribution in [0.2, 0.25) is 0 Å². The topological polar surface area (TPSA) is 74.7 Å². The molecule has 1 aliphatic rings. The lowest BCUT2D eigenvalue weighted by atomic mass is 9.92. The molecule has 1 N–H and O–H groups in total. The van der Waals surface area contributed by atoms with Crippen LogP contribution in [-0.2, 0) is 21.0 Å². The minimum absolute atomic E-state index is 0.0723. The van der Waals surface area contributed by atoms with Gasteiger partial charge in [0.2, 0.25) is 10.0 Å². The van der Waals surface area contributed by atoms with Gasteiger partial charge in [0.05, 0.1) is 16.4 Å². The molecule has 1 aliphatic heterocycles. The molecular weight excluding hydrogens is 347 g/mol. The Morgan fingerprint density at radius 2 is 1.92 bits per heavy atom. The van der Waals surface area contributed by atoms with E-state index in [0.717, 1.165) is 16.4 Å². The SMILES string of the molecule is Cc1ccc(S(=O)(=O)N2CC(C)CC(C(=O)O)C2)cc1C(F)(F)F. The zero-order valence-corrected chi connectivity index (χ0v) is 14.0. The fraction of sp³-hybridized carbons (Fsp3) is 0.533. The summed E-state index contributed by atoms with van der Waals surface area (Å²) in [6.45, 7) is 2.81. The third-order valence-corrected chi connectivity index (χ3v) is 5.96. The van der Waals surface area contributed by atoms with Gasteiger partial charge in [-0.25, -0.2) is 8.42 Å². The molecule has 2 rings (SSSR count). The van der Waals surface area contributed by atoms with Crippen molar-refractivity contribution in [2.45, 2.75) is 31.3 Å². The van der Waals surface area contributed by atoms with Crippen molar-refractivity contribution in [3.63, 3.8) is 0 Å². The predicted octanol–water partition coefficient (Wildman–Crippen LogP) is 2.75. The normalized spacial score (nSPS) is 23.2. The van der Waals surface area contributed by atoms with E-state index in [0.29, 0.717) is 12.5 Å². The number of carboxylic acid groups (broad SMARTS) is 1. The minimum atomic E-state index is -4.66. The quantitative estimate of drug-likeness (QED) is 0.894. The predicted molar refractivity (Wildman–Crippen MR) is 79.8 cm³/mol. The number of sulfonamides is 1. The molecule has 2 unspecified atom stereocenters. The maximum Gasteiger partial charge on any atom is 0.416 e. The summed E-state index contributed by atoms with van der Waals surface area (Å²) in [6.07, 6.45) is -4.32. The van der Waals surface area contributed by atoms with Gasteiger partial charge in [0, 0.05) is 13.1 Å². The summed E-state index contributed by atoms with van der Waals surface area (Å²) in [6, 6.07) is 2.84. The number of carboxylic acids is 1. The van der Waals surface area contributed by atoms with E-state index in [1.807, 2.05) is 0 Å². The second-order valence-electron chi connectivity index (χ2n) is 6.17. The van der Waals surface area contributed by atoms with E-state index in [9.17, 15) is 26.4 Å². The minimum Gasteiger partial charge on any atom is -0.481 e. The molecule has 0 spiro atoms. The van der Waals surface area contributed by atoms with Crippen molar-refractivity contribution < 1.29 is 31.5 Å². The Morgan fingerprint density at radius 1 is 1.29 bits per heavy atom. The van der Waals surface area contributed by atoms with E-state index in [2.05, 4.69) is 0 Å². The van der Waals surface area contributed by atoms with Gasteiger partial charge in [-0.3, -0.25) is 4.79 Å². The molecule has 1 saturated heterocycles. The second-order valence-corrected chi connectivity index (χ2v) is 8.11. The summed E-state index contributed by atoms with van der Waals surface area (Å²) < 4.78 is 65.3. The largest absolute Gasteiger partial charge is 0.481 e. The number of alkyl halides is 3. The number of nitrogens with zero attached hydrogens (tertiary/aromatic N) is 1. The Labute approximate surface area is 138 Å². The van der Waals surface area contributed by atoms with Crippen LogP contribution >= 0.6 is 0 Å². The highest BCUT2D eigenvalue weighted by atomic mass is 32.2. The molecule has 0 radical (unpaired) electrons. The third-order valence-electron chi connectivity index (χ3n) is 4.13. The molecule has 2 atom stereocenters. The number of hydrogen-bond acceptors (Lipinski definition) is 3. The number of aryl methyl sites for hydroxylation is 1. The lowest BCUT2D eigenvalue weighted by molar-refractivity contribution is -0.143. The van der Waals surface area contributed by atoms with Gasteiger partial charge in [0.1, 0.15) is 0 Å². The summed E-state index contributed by atoms with van der Waals surface area (Å²) in [5.41, 5.74) is -1.08. The number of rotatable bonds is 3. The van der Waals surface area contributed by atoms with Crippen LogP contribution in [0.15, 0.2) is 23.1 Å².